The average Bonchev–Trinajstić information content (AvgIpc) is 3.02. The van der Waals surface area contributed by atoms with E-state index in [2.05, 4.69) is 9.97 Å². The maximum absolute atomic E-state index is 12.2. The van der Waals surface area contributed by atoms with E-state index >= 15 is 0 Å². The number of nitrogens with one attached hydrogen (secondary N) is 1. The topological polar surface area (TPSA) is 85.2 Å². The number of fused-ring (bicyclic) bond motifs is 2. The highest BCUT2D eigenvalue weighted by atomic mass is 16.5. The summed E-state index contributed by atoms with van der Waals surface area (Å²) in [6, 6.07) is 12.8. The summed E-state index contributed by atoms with van der Waals surface area (Å²) >= 11 is 0. The second-order valence-corrected chi connectivity index (χ2v) is 6.13. The van der Waals surface area contributed by atoms with Crippen LogP contribution < -0.4 is 5.56 Å². The first-order chi connectivity index (χ1) is 12.6. The molecule has 0 aliphatic carbocycles. The Hall–Kier alpha value is -3.41. The van der Waals surface area contributed by atoms with Gasteiger partial charge in [0.15, 0.2) is 0 Å². The number of ether oxygens (including phenoxy) is 1. The van der Waals surface area contributed by atoms with Gasteiger partial charge in [0, 0.05) is 10.9 Å². The number of aromatic amines is 1. The molecule has 0 spiro atoms. The molecule has 2 aromatic carbocycles. The van der Waals surface area contributed by atoms with Crippen LogP contribution in [0.3, 0.4) is 0 Å². The highest BCUT2D eigenvalue weighted by Crippen LogP contribution is 2.23. The molecule has 6 nitrogen and oxygen atoms in total. The first-order valence-electron chi connectivity index (χ1n) is 8.20. The molecule has 26 heavy (non-hydrogen) atoms. The van der Waals surface area contributed by atoms with Crippen molar-refractivity contribution in [2.24, 2.45) is 0 Å². The Balaban J connectivity index is 1.48. The smallest absolute Gasteiger partial charge is 0.310 e. The van der Waals surface area contributed by atoms with Crippen LogP contribution in [-0.2, 0) is 22.6 Å². The number of hydrogen-bond acceptors (Lipinski definition) is 5. The minimum atomic E-state index is -0.413. The van der Waals surface area contributed by atoms with Gasteiger partial charge in [-0.05, 0) is 30.7 Å². The zero-order valence-electron chi connectivity index (χ0n) is 14.1. The van der Waals surface area contributed by atoms with Crippen LogP contribution in [0.4, 0.5) is 0 Å². The van der Waals surface area contributed by atoms with Crippen LogP contribution in [0.5, 0.6) is 0 Å². The van der Waals surface area contributed by atoms with E-state index in [0.29, 0.717) is 16.7 Å². The molecular formula is C20H16N2O4. The molecule has 2 aromatic heterocycles. The van der Waals surface area contributed by atoms with Gasteiger partial charge in [0.25, 0.3) is 5.56 Å². The van der Waals surface area contributed by atoms with E-state index in [0.717, 1.165) is 22.1 Å². The fourth-order valence-corrected chi connectivity index (χ4v) is 2.89. The predicted molar refractivity (Wildman–Crippen MR) is 96.8 cm³/mol. The van der Waals surface area contributed by atoms with Crippen LogP contribution in [0.2, 0.25) is 0 Å². The molecule has 0 radical (unpaired) electrons. The molecule has 0 saturated carbocycles. The van der Waals surface area contributed by atoms with E-state index in [1.165, 1.54) is 0 Å². The Morgan fingerprint density at radius 2 is 2.04 bits per heavy atom. The Morgan fingerprint density at radius 3 is 2.92 bits per heavy atom. The summed E-state index contributed by atoms with van der Waals surface area (Å²) < 4.78 is 10.8. The molecule has 0 bridgehead atoms. The van der Waals surface area contributed by atoms with Crippen molar-refractivity contribution >= 4 is 27.8 Å². The van der Waals surface area contributed by atoms with Gasteiger partial charge in [-0.3, -0.25) is 9.59 Å². The van der Waals surface area contributed by atoms with E-state index < -0.39 is 5.97 Å². The molecule has 4 aromatic rings. The number of nitrogens with zero attached hydrogens (tertiary/aromatic N) is 1. The molecule has 0 aliphatic heterocycles. The Kier molecular flexibility index (Phi) is 4.01. The van der Waals surface area contributed by atoms with Crippen molar-refractivity contribution < 1.29 is 13.9 Å². The van der Waals surface area contributed by atoms with E-state index in [-0.39, 0.29) is 18.6 Å². The minimum Gasteiger partial charge on any atom is -0.464 e. The zero-order valence-corrected chi connectivity index (χ0v) is 14.1. The number of aryl methyl sites for hydroxylation is 1. The van der Waals surface area contributed by atoms with E-state index in [4.69, 9.17) is 9.15 Å². The first kappa shape index (κ1) is 16.1. The van der Waals surface area contributed by atoms with Crippen LogP contribution in [0.1, 0.15) is 17.0 Å². The molecule has 0 fully saturated rings. The monoisotopic (exact) mass is 348 g/mol. The number of benzene rings is 2. The lowest BCUT2D eigenvalue weighted by Crippen LogP contribution is -2.15. The third kappa shape index (κ3) is 3.09. The normalized spacial score (nSPS) is 11.1. The van der Waals surface area contributed by atoms with Gasteiger partial charge in [0.1, 0.15) is 18.0 Å². The summed E-state index contributed by atoms with van der Waals surface area (Å²) in [5.41, 5.74) is 2.92. The predicted octanol–water partition coefficient (Wildman–Crippen LogP) is 3.26. The van der Waals surface area contributed by atoms with Crippen molar-refractivity contribution in [2.45, 2.75) is 20.0 Å². The number of H-pyrrole nitrogens is 1. The van der Waals surface area contributed by atoms with Crippen molar-refractivity contribution in [1.29, 1.82) is 0 Å². The highest BCUT2D eigenvalue weighted by molar-refractivity contribution is 5.86. The number of carbonyl (C=O) groups is 1. The Morgan fingerprint density at radius 1 is 1.19 bits per heavy atom. The van der Waals surface area contributed by atoms with Gasteiger partial charge in [0.05, 0.1) is 23.6 Å². The van der Waals surface area contributed by atoms with Gasteiger partial charge >= 0.3 is 5.97 Å². The molecule has 6 heteroatoms. The number of carbonyl (C=O) groups excluding carboxylic acids is 1. The maximum Gasteiger partial charge on any atom is 0.310 e. The maximum atomic E-state index is 12.2. The fourth-order valence-electron chi connectivity index (χ4n) is 2.89. The minimum absolute atomic E-state index is 0.0895. The molecule has 1 N–H and O–H groups in total. The third-order valence-corrected chi connectivity index (χ3v) is 4.18. The van der Waals surface area contributed by atoms with Gasteiger partial charge in [0.2, 0.25) is 0 Å². The summed E-state index contributed by atoms with van der Waals surface area (Å²) in [7, 11) is 0. The van der Waals surface area contributed by atoms with Crippen molar-refractivity contribution in [3.63, 3.8) is 0 Å². The van der Waals surface area contributed by atoms with Crippen LogP contribution >= 0.6 is 0 Å². The second kappa shape index (κ2) is 6.48. The van der Waals surface area contributed by atoms with Gasteiger partial charge in [-0.1, -0.05) is 24.3 Å². The number of esters is 1. The lowest BCUT2D eigenvalue weighted by Gasteiger charge is -2.05. The van der Waals surface area contributed by atoms with Crippen molar-refractivity contribution in [1.82, 2.24) is 9.97 Å². The first-order valence-corrected chi connectivity index (χ1v) is 8.20. The third-order valence-electron chi connectivity index (χ3n) is 4.18. The van der Waals surface area contributed by atoms with Crippen LogP contribution in [-0.4, -0.2) is 15.9 Å². The SMILES string of the molecule is Cc1ccc2c(CC(=O)OCc3nc4ccccc4c(=O)[nH]3)coc2c1. The van der Waals surface area contributed by atoms with Gasteiger partial charge in [-0.2, -0.15) is 0 Å². The van der Waals surface area contributed by atoms with Crippen molar-refractivity contribution in [2.75, 3.05) is 0 Å². The van der Waals surface area contributed by atoms with Crippen LogP contribution in [0, 0.1) is 6.92 Å². The Bertz CT molecular complexity index is 1170. The molecule has 130 valence electrons. The van der Waals surface area contributed by atoms with Gasteiger partial charge < -0.3 is 14.1 Å². The number of para-hydroxylation sites is 1. The van der Waals surface area contributed by atoms with E-state index in [1.54, 1.807) is 30.5 Å². The van der Waals surface area contributed by atoms with Gasteiger partial charge in [-0.25, -0.2) is 4.98 Å². The molecular weight excluding hydrogens is 332 g/mol. The number of furan rings is 1. The summed E-state index contributed by atoms with van der Waals surface area (Å²) in [6.07, 6.45) is 1.66. The average molecular weight is 348 g/mol. The molecule has 0 unspecified atom stereocenters. The second-order valence-electron chi connectivity index (χ2n) is 6.13. The van der Waals surface area contributed by atoms with Crippen molar-refractivity contribution in [3.05, 3.63) is 76.0 Å². The van der Waals surface area contributed by atoms with E-state index in [9.17, 15) is 9.59 Å². The summed E-state index contributed by atoms with van der Waals surface area (Å²) in [6.45, 7) is 1.89. The lowest BCUT2D eigenvalue weighted by atomic mass is 10.1. The van der Waals surface area contributed by atoms with Crippen LogP contribution in [0.15, 0.2) is 57.9 Å². The summed E-state index contributed by atoms with van der Waals surface area (Å²) in [5.74, 6) is -0.0983. The molecule has 0 amide bonds. The standard InChI is InChI=1S/C20H16N2O4/c1-12-6-7-14-13(10-25-17(14)8-12)9-19(23)26-11-18-21-16-5-3-2-4-15(16)20(24)22-18/h2-8,10H,9,11H2,1H3,(H,21,22,24). The summed E-state index contributed by atoms with van der Waals surface area (Å²) in [4.78, 5) is 31.1. The van der Waals surface area contributed by atoms with Crippen molar-refractivity contribution in [3.8, 4) is 0 Å². The number of hydrogen-bond donors (Lipinski definition) is 1. The zero-order chi connectivity index (χ0) is 18.1. The summed E-state index contributed by atoms with van der Waals surface area (Å²) in [5, 5.41) is 1.40. The molecule has 2 heterocycles. The Labute approximate surface area is 148 Å². The van der Waals surface area contributed by atoms with Crippen LogP contribution in [0.25, 0.3) is 21.9 Å². The quantitative estimate of drug-likeness (QED) is 0.572. The van der Waals surface area contributed by atoms with E-state index in [1.807, 2.05) is 25.1 Å². The molecule has 4 rings (SSSR count). The molecule has 0 atom stereocenters. The largest absolute Gasteiger partial charge is 0.464 e. The molecule has 0 aliphatic rings. The number of aromatic nitrogens is 2. The lowest BCUT2D eigenvalue weighted by molar-refractivity contribution is -0.144. The van der Waals surface area contributed by atoms with Gasteiger partial charge in [-0.15, -0.1) is 0 Å². The highest BCUT2D eigenvalue weighted by Gasteiger charge is 2.12. The number of rotatable bonds is 4. The molecule has 0 saturated heterocycles. The fraction of sp³-hybridized carbons (Fsp3) is 0.150.